The molecule has 52 heavy (non-hydrogen) atoms. The molecule has 11 heteroatoms. The van der Waals surface area contributed by atoms with Gasteiger partial charge in [0.2, 0.25) is 0 Å². The lowest BCUT2D eigenvalue weighted by atomic mass is 9.47. The van der Waals surface area contributed by atoms with Gasteiger partial charge >= 0.3 is 13.6 Å². The average molecular weight is 749 g/mol. The van der Waals surface area contributed by atoms with Crippen LogP contribution in [0.5, 0.6) is 0 Å². The summed E-state index contributed by atoms with van der Waals surface area (Å²) in [4.78, 5) is 16.7. The van der Waals surface area contributed by atoms with Crippen LogP contribution < -0.4 is 11.5 Å². The van der Waals surface area contributed by atoms with E-state index < -0.39 is 7.60 Å². The molecule has 3 saturated carbocycles. The van der Waals surface area contributed by atoms with Gasteiger partial charge in [0.25, 0.3) is 0 Å². The molecule has 0 aromatic heterocycles. The van der Waals surface area contributed by atoms with E-state index in [9.17, 15) is 9.36 Å². The van der Waals surface area contributed by atoms with Crippen LogP contribution in [0.25, 0.3) is 0 Å². The van der Waals surface area contributed by atoms with E-state index in [0.29, 0.717) is 37.0 Å². The largest absolute Gasteiger partial charge is 0.462 e. The van der Waals surface area contributed by atoms with Crippen LogP contribution in [0.2, 0.25) is 0 Å². The Kier molecular flexibility index (Phi) is 16.3. The number of hydrogen-bond acceptors (Lipinski definition) is 8. The van der Waals surface area contributed by atoms with E-state index in [1.165, 1.54) is 56.9 Å². The van der Waals surface area contributed by atoms with E-state index in [4.69, 9.17) is 35.4 Å². The molecule has 0 heterocycles. The van der Waals surface area contributed by atoms with Gasteiger partial charge < -0.3 is 35.4 Å². The fourth-order valence-corrected chi connectivity index (χ4v) is 12.3. The van der Waals surface area contributed by atoms with Crippen molar-refractivity contribution in [2.24, 2.45) is 62.8 Å². The maximum Gasteiger partial charge on any atom is 0.330 e. The van der Waals surface area contributed by atoms with Crippen LogP contribution in [-0.4, -0.2) is 62.9 Å². The van der Waals surface area contributed by atoms with Crippen LogP contribution in [0.3, 0.4) is 0 Å². The highest BCUT2D eigenvalue weighted by Crippen LogP contribution is 2.67. The number of nitrogens with two attached hydrogens (primary N) is 2. The lowest BCUT2D eigenvalue weighted by molar-refractivity contribution is -0.152. The molecule has 0 aliphatic heterocycles. The van der Waals surface area contributed by atoms with Crippen LogP contribution in [0.4, 0.5) is 0 Å². The molecule has 0 spiro atoms. The predicted octanol–water partition coefficient (Wildman–Crippen LogP) is 9.06. The van der Waals surface area contributed by atoms with Crippen molar-refractivity contribution in [2.75, 3.05) is 39.1 Å². The summed E-state index contributed by atoms with van der Waals surface area (Å²) in [6, 6.07) is 0. The number of hydrogen-bond donors (Lipinski definition) is 3. The number of nitrogens with one attached hydrogen (secondary N) is 1. The van der Waals surface area contributed by atoms with E-state index in [1.54, 1.807) is 6.92 Å². The van der Waals surface area contributed by atoms with Gasteiger partial charge in [-0.1, -0.05) is 65.5 Å². The summed E-state index contributed by atoms with van der Waals surface area (Å²) in [7, 11) is -3.38. The molecule has 4 aliphatic rings. The first-order valence-corrected chi connectivity index (χ1v) is 22.3. The van der Waals surface area contributed by atoms with Crippen LogP contribution in [-0.2, 0) is 27.9 Å². The summed E-state index contributed by atoms with van der Waals surface area (Å²) in [5.74, 6) is 4.63. The zero-order chi connectivity index (χ0) is 37.9. The fourth-order valence-electron chi connectivity index (χ4n) is 10.7. The van der Waals surface area contributed by atoms with Crippen molar-refractivity contribution in [1.82, 2.24) is 0 Å². The summed E-state index contributed by atoms with van der Waals surface area (Å²) < 4.78 is 36.2. The smallest absolute Gasteiger partial charge is 0.330 e. The van der Waals surface area contributed by atoms with E-state index in [1.807, 2.05) is 0 Å². The van der Waals surface area contributed by atoms with Gasteiger partial charge in [-0.2, -0.15) is 0 Å². The highest BCUT2D eigenvalue weighted by molar-refractivity contribution is 7.53. The lowest BCUT2D eigenvalue weighted by Crippen LogP contribution is -2.51. The molecule has 4 rings (SSSR count). The second-order valence-electron chi connectivity index (χ2n) is 17.6. The number of nitrogens with zero attached hydrogens (tertiary/aromatic N) is 1. The standard InChI is InChI=1S/C41H73N4O6P/c1-29(2)10-7-11-30(3)35-15-16-36-34-14-13-32-28-33(17-20-40(32,5)37(34)18-21-41(35,36)6)51-38(46)19-25-48-23-9-27-52(47,49-24-8-12-31(4)42)50-26-22-45-39(43)44/h13,29-30,33-37,42H,7-12,14-28H2,1-6H3,(H4,43,44,45). The molecule has 0 aromatic carbocycles. The van der Waals surface area contributed by atoms with Crippen molar-refractivity contribution in [3.8, 4) is 0 Å². The van der Waals surface area contributed by atoms with Gasteiger partial charge in [-0.05, 0) is 117 Å². The van der Waals surface area contributed by atoms with E-state index in [-0.39, 0.29) is 62.4 Å². The van der Waals surface area contributed by atoms with E-state index in [2.05, 4.69) is 45.7 Å². The third-order valence-corrected chi connectivity index (χ3v) is 15.4. The van der Waals surface area contributed by atoms with Crippen molar-refractivity contribution >= 4 is 25.2 Å². The molecular weight excluding hydrogens is 675 g/mol. The number of rotatable bonds is 22. The third kappa shape index (κ3) is 11.6. The number of guanidine groups is 1. The molecule has 0 aromatic rings. The number of carbonyl (C=O) groups excluding carboxylic acids is 1. The normalized spacial score (nSPS) is 31.4. The Labute approximate surface area is 315 Å². The first-order chi connectivity index (χ1) is 24.7. The second-order valence-corrected chi connectivity index (χ2v) is 19.7. The summed E-state index contributed by atoms with van der Waals surface area (Å²) in [6.07, 6.45) is 18.3. The molecule has 3 fully saturated rings. The monoisotopic (exact) mass is 749 g/mol. The van der Waals surface area contributed by atoms with E-state index >= 15 is 0 Å². The summed E-state index contributed by atoms with van der Waals surface area (Å²) in [6.45, 7) is 15.3. The zero-order valence-electron chi connectivity index (χ0n) is 33.5. The molecule has 9 atom stereocenters. The third-order valence-electron chi connectivity index (χ3n) is 13.4. The van der Waals surface area contributed by atoms with E-state index in [0.717, 1.165) is 54.8 Å². The number of fused-ring (bicyclic) bond motifs is 5. The minimum atomic E-state index is -3.38. The molecule has 10 nitrogen and oxygen atoms in total. The average Bonchev–Trinajstić information content (AvgIpc) is 3.44. The number of allylic oxidation sites excluding steroid dienone is 1. The van der Waals surface area contributed by atoms with Crippen LogP contribution >= 0.6 is 7.60 Å². The predicted molar refractivity (Wildman–Crippen MR) is 211 cm³/mol. The molecule has 0 amide bonds. The quantitative estimate of drug-likeness (QED) is 0.0247. The van der Waals surface area contributed by atoms with Gasteiger partial charge in [0.1, 0.15) is 6.10 Å². The molecule has 5 N–H and O–H groups in total. The SMILES string of the molecule is CC(=N)CCCOP(=O)(CCCOCCC(=O)OC1CCC2(C)C(=CCC3C2CCC2(C)C(C(C)CCCC(C)C)CCC32)C1)OCCN=C(N)N. The van der Waals surface area contributed by atoms with Crippen molar-refractivity contribution in [2.45, 2.75) is 144 Å². The van der Waals surface area contributed by atoms with Gasteiger partial charge in [0.05, 0.1) is 38.9 Å². The maximum absolute atomic E-state index is 13.3. The minimum Gasteiger partial charge on any atom is -0.462 e. The van der Waals surface area contributed by atoms with Crippen molar-refractivity contribution in [3.63, 3.8) is 0 Å². The van der Waals surface area contributed by atoms with Gasteiger partial charge in [-0.15, -0.1) is 0 Å². The number of carbonyl (C=O) groups is 1. The Bertz CT molecular complexity index is 1290. The Morgan fingerprint density at radius 3 is 2.46 bits per heavy atom. The molecular formula is C41H73N4O6P. The zero-order valence-corrected chi connectivity index (χ0v) is 34.4. The van der Waals surface area contributed by atoms with Crippen molar-refractivity contribution in [1.29, 1.82) is 5.41 Å². The van der Waals surface area contributed by atoms with Gasteiger partial charge in [0.15, 0.2) is 5.96 Å². The Hall–Kier alpha value is -1.74. The number of ether oxygens (including phenoxy) is 2. The van der Waals surface area contributed by atoms with Gasteiger partial charge in [-0.3, -0.25) is 14.4 Å². The molecule has 0 radical (unpaired) electrons. The maximum atomic E-state index is 13.3. The van der Waals surface area contributed by atoms with Crippen molar-refractivity contribution in [3.05, 3.63) is 11.6 Å². The molecule has 9 unspecified atom stereocenters. The summed E-state index contributed by atoms with van der Waals surface area (Å²) in [5, 5.41) is 7.57. The van der Waals surface area contributed by atoms with Crippen LogP contribution in [0.1, 0.15) is 138 Å². The summed E-state index contributed by atoms with van der Waals surface area (Å²) >= 11 is 0. The first kappa shape index (κ1) is 43.0. The van der Waals surface area contributed by atoms with Gasteiger partial charge in [0, 0.05) is 18.7 Å². The molecule has 0 bridgehead atoms. The fraction of sp³-hybridized carbons (Fsp3) is 0.878. The van der Waals surface area contributed by atoms with Crippen LogP contribution in [0.15, 0.2) is 16.6 Å². The minimum absolute atomic E-state index is 0.0551. The number of esters is 1. The Balaban J connectivity index is 1.19. The molecule has 298 valence electrons. The second kappa shape index (κ2) is 19.7. The highest BCUT2D eigenvalue weighted by atomic mass is 31.2. The molecule has 4 aliphatic carbocycles. The number of aliphatic imine (C=N–C) groups is 1. The Morgan fingerprint density at radius 2 is 1.73 bits per heavy atom. The molecule has 0 saturated heterocycles. The lowest BCUT2D eigenvalue weighted by Gasteiger charge is -2.58. The topological polar surface area (TPSA) is 159 Å². The summed E-state index contributed by atoms with van der Waals surface area (Å²) in [5.41, 5.74) is 13.5. The van der Waals surface area contributed by atoms with Crippen molar-refractivity contribution < 1.29 is 27.9 Å². The first-order valence-electron chi connectivity index (χ1n) is 20.6. The highest BCUT2D eigenvalue weighted by Gasteiger charge is 2.59. The van der Waals surface area contributed by atoms with Crippen LogP contribution in [0, 0.1) is 51.7 Å². The Morgan fingerprint density at radius 1 is 0.962 bits per heavy atom. The van der Waals surface area contributed by atoms with Gasteiger partial charge in [-0.25, -0.2) is 0 Å².